The summed E-state index contributed by atoms with van der Waals surface area (Å²) < 4.78 is 6.39. The molecule has 0 atom stereocenters. The molecule has 5 rings (SSSR count). The summed E-state index contributed by atoms with van der Waals surface area (Å²) in [6.07, 6.45) is 3.17. The molecule has 7 heteroatoms. The summed E-state index contributed by atoms with van der Waals surface area (Å²) in [7, 11) is 1.37. The van der Waals surface area contributed by atoms with Crippen LogP contribution in [0.5, 0.6) is 0 Å². The summed E-state index contributed by atoms with van der Waals surface area (Å²) >= 11 is 0. The highest BCUT2D eigenvalue weighted by molar-refractivity contribution is 6.03. The predicted octanol–water partition coefficient (Wildman–Crippen LogP) is 4.23. The Hall–Kier alpha value is -4.23. The van der Waals surface area contributed by atoms with Gasteiger partial charge in [-0.2, -0.15) is 0 Å². The number of rotatable bonds is 6. The van der Waals surface area contributed by atoms with Crippen molar-refractivity contribution in [3.8, 4) is 0 Å². The van der Waals surface area contributed by atoms with E-state index >= 15 is 0 Å². The number of imidazole rings is 1. The average molecular weight is 481 g/mol. The second kappa shape index (κ2) is 10.6. The minimum Gasteiger partial charge on any atom is -0.466 e. The average Bonchev–Trinajstić information content (AvgIpc) is 3.32. The highest BCUT2D eigenvalue weighted by atomic mass is 16.5. The van der Waals surface area contributed by atoms with Crippen molar-refractivity contribution in [2.24, 2.45) is 0 Å². The molecule has 2 heterocycles. The molecule has 0 amide bonds. The number of anilines is 1. The van der Waals surface area contributed by atoms with E-state index in [0.717, 1.165) is 49.3 Å². The van der Waals surface area contributed by atoms with Gasteiger partial charge in [0.15, 0.2) is 0 Å². The minimum absolute atomic E-state index is 0.0666. The zero-order valence-corrected chi connectivity index (χ0v) is 20.2. The molecule has 0 N–H and O–H groups in total. The molecule has 0 saturated carbocycles. The molecule has 0 aliphatic carbocycles. The van der Waals surface area contributed by atoms with E-state index in [2.05, 4.69) is 26.7 Å². The van der Waals surface area contributed by atoms with E-state index in [1.165, 1.54) is 18.7 Å². The molecule has 36 heavy (non-hydrogen) atoms. The molecule has 1 aliphatic rings. The zero-order chi connectivity index (χ0) is 24.9. The number of para-hydroxylation sites is 2. The normalized spacial score (nSPS) is 14.4. The van der Waals surface area contributed by atoms with E-state index in [-0.39, 0.29) is 11.9 Å². The fraction of sp³-hybridized carbons (Fsp3) is 0.207. The van der Waals surface area contributed by atoms with E-state index in [4.69, 9.17) is 4.98 Å². The van der Waals surface area contributed by atoms with Crippen LogP contribution in [0.25, 0.3) is 17.1 Å². The maximum Gasteiger partial charge on any atom is 0.330 e. The topological polar surface area (TPSA) is 67.7 Å². The van der Waals surface area contributed by atoms with Crippen molar-refractivity contribution in [1.29, 1.82) is 0 Å². The number of hydrogen-bond donors (Lipinski definition) is 0. The lowest BCUT2D eigenvalue weighted by Crippen LogP contribution is -2.47. The van der Waals surface area contributed by atoms with E-state index in [1.54, 1.807) is 10.6 Å². The molecule has 1 aliphatic heterocycles. The molecule has 0 spiro atoms. The molecule has 0 unspecified atom stereocenters. The van der Waals surface area contributed by atoms with E-state index in [0.29, 0.717) is 11.5 Å². The third-order valence-electron chi connectivity index (χ3n) is 6.42. The first kappa shape index (κ1) is 23.5. The number of methoxy groups -OCH3 is 1. The summed E-state index contributed by atoms with van der Waals surface area (Å²) in [6, 6.07) is 25.3. The van der Waals surface area contributed by atoms with E-state index in [9.17, 15) is 9.59 Å². The number of nitrogens with zero attached hydrogens (tertiary/aromatic N) is 4. The summed E-state index contributed by atoms with van der Waals surface area (Å²) in [5.74, 6) is 0.269. The number of ether oxygens (including phenoxy) is 1. The zero-order valence-electron chi connectivity index (χ0n) is 20.2. The number of piperazine rings is 1. The van der Waals surface area contributed by atoms with E-state index < -0.39 is 0 Å². The van der Waals surface area contributed by atoms with Crippen LogP contribution in [0.3, 0.4) is 0 Å². The molecule has 1 aromatic heterocycles. The molecule has 1 saturated heterocycles. The van der Waals surface area contributed by atoms with Gasteiger partial charge in [-0.05, 0) is 41.5 Å². The summed E-state index contributed by atoms with van der Waals surface area (Å²) in [6.45, 7) is 4.14. The Morgan fingerprint density at radius 2 is 1.58 bits per heavy atom. The number of aromatic nitrogens is 2. The maximum absolute atomic E-state index is 13.5. The van der Waals surface area contributed by atoms with Crippen LogP contribution < -0.4 is 4.90 Å². The van der Waals surface area contributed by atoms with Crippen molar-refractivity contribution in [1.82, 2.24) is 14.5 Å². The molecule has 1 fully saturated rings. The molecule has 182 valence electrons. The monoisotopic (exact) mass is 480 g/mol. The van der Waals surface area contributed by atoms with Gasteiger partial charge in [0.25, 0.3) is 5.91 Å². The number of fused-ring (bicyclic) bond motifs is 1. The molecular weight excluding hydrogens is 452 g/mol. The first-order valence-corrected chi connectivity index (χ1v) is 12.0. The van der Waals surface area contributed by atoms with Gasteiger partial charge in [0, 0.05) is 44.4 Å². The first-order chi connectivity index (χ1) is 17.6. The Morgan fingerprint density at radius 3 is 2.31 bits per heavy atom. The third-order valence-corrected chi connectivity index (χ3v) is 6.42. The SMILES string of the molecule is COC(=O)/C=C/c1ccc(CN2CCN(c3nc4ccccc4n3C(=O)c3ccccc3)CC2)cc1. The summed E-state index contributed by atoms with van der Waals surface area (Å²) in [5.41, 5.74) is 4.46. The van der Waals surface area contributed by atoms with Crippen molar-refractivity contribution < 1.29 is 14.3 Å². The van der Waals surface area contributed by atoms with Crippen LogP contribution in [0, 0.1) is 0 Å². The van der Waals surface area contributed by atoms with Crippen molar-refractivity contribution in [2.45, 2.75) is 6.54 Å². The standard InChI is InChI=1S/C29H28N4O3/c1-36-27(34)16-15-22-11-13-23(14-12-22)21-31-17-19-32(20-18-31)29-30-25-9-5-6-10-26(25)33(29)28(35)24-7-3-2-4-8-24/h2-16H,17-21H2,1H3/b16-15+. The van der Waals surface area contributed by atoms with Crippen molar-refractivity contribution in [3.63, 3.8) is 0 Å². The van der Waals surface area contributed by atoms with Crippen molar-refractivity contribution in [3.05, 3.63) is 102 Å². The fourth-order valence-electron chi connectivity index (χ4n) is 4.47. The van der Waals surface area contributed by atoms with Crippen LogP contribution in [-0.4, -0.2) is 59.6 Å². The van der Waals surface area contributed by atoms with Crippen LogP contribution in [-0.2, 0) is 16.1 Å². The van der Waals surface area contributed by atoms with Gasteiger partial charge in [-0.15, -0.1) is 0 Å². The molecule has 0 radical (unpaired) electrons. The predicted molar refractivity (Wildman–Crippen MR) is 141 cm³/mol. The maximum atomic E-state index is 13.5. The lowest BCUT2D eigenvalue weighted by atomic mass is 10.1. The van der Waals surface area contributed by atoms with Gasteiger partial charge in [0.1, 0.15) is 0 Å². The molecule has 0 bridgehead atoms. The second-order valence-electron chi connectivity index (χ2n) is 8.77. The molecule has 3 aromatic carbocycles. The lowest BCUT2D eigenvalue weighted by Gasteiger charge is -2.35. The van der Waals surface area contributed by atoms with Crippen LogP contribution in [0.15, 0.2) is 84.9 Å². The van der Waals surface area contributed by atoms with E-state index in [1.807, 2.05) is 66.7 Å². The van der Waals surface area contributed by atoms with Gasteiger partial charge in [-0.3, -0.25) is 9.69 Å². The van der Waals surface area contributed by atoms with Gasteiger partial charge in [0.05, 0.1) is 18.1 Å². The third kappa shape index (κ3) is 5.06. The van der Waals surface area contributed by atoms with Crippen LogP contribution in [0.4, 0.5) is 5.95 Å². The summed E-state index contributed by atoms with van der Waals surface area (Å²) in [5, 5.41) is 0. The number of benzene rings is 3. The highest BCUT2D eigenvalue weighted by Crippen LogP contribution is 2.25. The lowest BCUT2D eigenvalue weighted by molar-refractivity contribution is -0.134. The number of carbonyl (C=O) groups is 2. The number of esters is 1. The minimum atomic E-state index is -0.365. The van der Waals surface area contributed by atoms with Crippen LogP contribution in [0.2, 0.25) is 0 Å². The second-order valence-corrected chi connectivity index (χ2v) is 8.77. The van der Waals surface area contributed by atoms with Crippen LogP contribution in [0.1, 0.15) is 21.5 Å². The van der Waals surface area contributed by atoms with Crippen molar-refractivity contribution >= 4 is 34.9 Å². The van der Waals surface area contributed by atoms with Crippen LogP contribution >= 0.6 is 0 Å². The van der Waals surface area contributed by atoms with Gasteiger partial charge >= 0.3 is 5.97 Å². The smallest absolute Gasteiger partial charge is 0.330 e. The number of carbonyl (C=O) groups excluding carboxylic acids is 2. The molecule has 7 nitrogen and oxygen atoms in total. The fourth-order valence-corrected chi connectivity index (χ4v) is 4.47. The van der Waals surface area contributed by atoms with Gasteiger partial charge < -0.3 is 9.64 Å². The first-order valence-electron chi connectivity index (χ1n) is 12.0. The van der Waals surface area contributed by atoms with Gasteiger partial charge in [0.2, 0.25) is 5.95 Å². The largest absolute Gasteiger partial charge is 0.466 e. The Balaban J connectivity index is 1.28. The van der Waals surface area contributed by atoms with Crippen molar-refractivity contribution in [2.75, 3.05) is 38.2 Å². The molecular formula is C29H28N4O3. The van der Waals surface area contributed by atoms with Gasteiger partial charge in [-0.1, -0.05) is 54.6 Å². The quantitative estimate of drug-likeness (QED) is 0.304. The number of hydrogen-bond acceptors (Lipinski definition) is 6. The summed E-state index contributed by atoms with van der Waals surface area (Å²) in [4.78, 5) is 34.2. The Bertz CT molecular complexity index is 1390. The Labute approximate surface area is 210 Å². The Kier molecular flexibility index (Phi) is 6.91. The highest BCUT2D eigenvalue weighted by Gasteiger charge is 2.25. The van der Waals surface area contributed by atoms with Gasteiger partial charge in [-0.25, -0.2) is 14.3 Å². The Morgan fingerprint density at radius 1 is 0.889 bits per heavy atom. The molecule has 4 aromatic rings.